The van der Waals surface area contributed by atoms with Crippen LogP contribution in [0, 0.1) is 11.3 Å². The Hall–Kier alpha value is -1.10. The number of aliphatic hydroxyl groups excluding tert-OH is 1. The second-order valence-corrected chi connectivity index (χ2v) is 6.74. The van der Waals surface area contributed by atoms with Crippen molar-refractivity contribution in [2.24, 2.45) is 11.3 Å². The fourth-order valence-corrected chi connectivity index (χ4v) is 2.34. The summed E-state index contributed by atoms with van der Waals surface area (Å²) in [5.41, 5.74) is -0.425. The predicted octanol–water partition coefficient (Wildman–Crippen LogP) is 1.16. The summed E-state index contributed by atoms with van der Waals surface area (Å²) in [6, 6.07) is 0. The Morgan fingerprint density at radius 2 is 2.05 bits per heavy atom. The first-order valence-corrected chi connectivity index (χ1v) is 7.46. The van der Waals surface area contributed by atoms with Gasteiger partial charge in [-0.25, -0.2) is 0 Å². The molecule has 2 atom stereocenters. The van der Waals surface area contributed by atoms with Crippen LogP contribution in [-0.2, 0) is 9.59 Å². The van der Waals surface area contributed by atoms with Crippen molar-refractivity contribution in [2.75, 3.05) is 19.6 Å². The molecule has 1 rings (SSSR count). The first-order valence-electron chi connectivity index (χ1n) is 7.46. The molecule has 1 fully saturated rings. The third-order valence-corrected chi connectivity index (χ3v) is 3.80. The molecule has 0 aliphatic carbocycles. The topological polar surface area (TPSA) is 69.6 Å². The SMILES string of the molecule is CC(O)C1CCCN(C(=O)CCNC(=O)C(C)(C)C)C1. The number of likely N-dealkylation sites (tertiary alicyclic amines) is 1. The lowest BCUT2D eigenvalue weighted by Gasteiger charge is -2.34. The van der Waals surface area contributed by atoms with Gasteiger partial charge in [-0.1, -0.05) is 20.8 Å². The van der Waals surface area contributed by atoms with Crippen molar-refractivity contribution in [1.82, 2.24) is 10.2 Å². The summed E-state index contributed by atoms with van der Waals surface area (Å²) in [4.78, 5) is 25.6. The molecule has 0 aromatic heterocycles. The molecule has 0 radical (unpaired) electrons. The molecule has 0 aromatic rings. The second-order valence-electron chi connectivity index (χ2n) is 6.74. The number of nitrogens with zero attached hydrogens (tertiary/aromatic N) is 1. The van der Waals surface area contributed by atoms with Gasteiger partial charge in [-0.15, -0.1) is 0 Å². The van der Waals surface area contributed by atoms with Gasteiger partial charge in [0.15, 0.2) is 0 Å². The van der Waals surface area contributed by atoms with Crippen LogP contribution in [0.2, 0.25) is 0 Å². The Bertz CT molecular complexity index is 348. The number of nitrogens with one attached hydrogen (secondary N) is 1. The molecule has 5 nitrogen and oxygen atoms in total. The van der Waals surface area contributed by atoms with Crippen molar-refractivity contribution < 1.29 is 14.7 Å². The highest BCUT2D eigenvalue weighted by atomic mass is 16.3. The van der Waals surface area contributed by atoms with Gasteiger partial charge in [0.2, 0.25) is 11.8 Å². The van der Waals surface area contributed by atoms with E-state index in [1.807, 2.05) is 25.7 Å². The molecule has 1 heterocycles. The quantitative estimate of drug-likeness (QED) is 0.814. The predicted molar refractivity (Wildman–Crippen MR) is 78.1 cm³/mol. The Labute approximate surface area is 121 Å². The van der Waals surface area contributed by atoms with Crippen molar-refractivity contribution in [1.29, 1.82) is 0 Å². The Morgan fingerprint density at radius 1 is 1.40 bits per heavy atom. The van der Waals surface area contributed by atoms with Gasteiger partial charge in [0, 0.05) is 37.4 Å². The zero-order valence-corrected chi connectivity index (χ0v) is 13.1. The van der Waals surface area contributed by atoms with E-state index in [2.05, 4.69) is 5.32 Å². The van der Waals surface area contributed by atoms with Crippen LogP contribution in [0.15, 0.2) is 0 Å². The van der Waals surface area contributed by atoms with E-state index >= 15 is 0 Å². The molecule has 2 unspecified atom stereocenters. The summed E-state index contributed by atoms with van der Waals surface area (Å²) in [7, 11) is 0. The zero-order valence-electron chi connectivity index (χ0n) is 13.1. The molecule has 1 saturated heterocycles. The van der Waals surface area contributed by atoms with Gasteiger partial charge < -0.3 is 15.3 Å². The van der Waals surface area contributed by atoms with Gasteiger partial charge in [-0.3, -0.25) is 9.59 Å². The lowest BCUT2D eigenvalue weighted by molar-refractivity contribution is -0.134. The van der Waals surface area contributed by atoms with Crippen molar-refractivity contribution in [3.8, 4) is 0 Å². The number of carbonyl (C=O) groups is 2. The van der Waals surface area contributed by atoms with Gasteiger partial charge >= 0.3 is 0 Å². The molecular weight excluding hydrogens is 256 g/mol. The van der Waals surface area contributed by atoms with Crippen molar-refractivity contribution in [3.63, 3.8) is 0 Å². The van der Waals surface area contributed by atoms with E-state index in [4.69, 9.17) is 0 Å². The number of amides is 2. The highest BCUT2D eigenvalue weighted by molar-refractivity contribution is 5.82. The Morgan fingerprint density at radius 3 is 2.60 bits per heavy atom. The molecule has 20 heavy (non-hydrogen) atoms. The highest BCUT2D eigenvalue weighted by Crippen LogP contribution is 2.20. The van der Waals surface area contributed by atoms with Crippen LogP contribution in [0.4, 0.5) is 0 Å². The molecule has 0 spiro atoms. The largest absolute Gasteiger partial charge is 0.393 e. The van der Waals surface area contributed by atoms with Gasteiger partial charge in [0.05, 0.1) is 6.10 Å². The summed E-state index contributed by atoms with van der Waals surface area (Å²) in [5, 5.41) is 12.4. The van der Waals surface area contributed by atoms with Crippen LogP contribution < -0.4 is 5.32 Å². The number of hydrogen-bond donors (Lipinski definition) is 2. The zero-order chi connectivity index (χ0) is 15.3. The maximum absolute atomic E-state index is 12.1. The summed E-state index contributed by atoms with van der Waals surface area (Å²) in [5.74, 6) is 0.201. The Kier molecular flexibility index (Phi) is 5.99. The first-order chi connectivity index (χ1) is 9.21. The number of aliphatic hydroxyl groups is 1. The van der Waals surface area contributed by atoms with Crippen LogP contribution in [0.1, 0.15) is 47.0 Å². The maximum Gasteiger partial charge on any atom is 0.225 e. The van der Waals surface area contributed by atoms with Gasteiger partial charge in [0.1, 0.15) is 0 Å². The standard InChI is InChI=1S/C15H28N2O3/c1-11(18)12-6-5-9-17(10-12)13(19)7-8-16-14(20)15(2,3)4/h11-12,18H,5-10H2,1-4H3,(H,16,20). The second kappa shape index (κ2) is 7.07. The Balaban J connectivity index is 2.34. The molecule has 1 aliphatic rings. The fourth-order valence-electron chi connectivity index (χ4n) is 2.34. The average molecular weight is 284 g/mol. The van der Waals surface area contributed by atoms with Crippen molar-refractivity contribution in [2.45, 2.75) is 53.1 Å². The van der Waals surface area contributed by atoms with Crippen LogP contribution in [-0.4, -0.2) is 47.6 Å². The summed E-state index contributed by atoms with van der Waals surface area (Å²) >= 11 is 0. The van der Waals surface area contributed by atoms with E-state index in [1.165, 1.54) is 0 Å². The monoisotopic (exact) mass is 284 g/mol. The molecule has 5 heteroatoms. The number of hydrogen-bond acceptors (Lipinski definition) is 3. The van der Waals surface area contributed by atoms with E-state index in [0.717, 1.165) is 19.4 Å². The molecule has 0 saturated carbocycles. The third kappa shape index (κ3) is 5.12. The minimum Gasteiger partial charge on any atom is -0.393 e. The lowest BCUT2D eigenvalue weighted by Crippen LogP contribution is -2.44. The molecule has 2 N–H and O–H groups in total. The van der Waals surface area contributed by atoms with Gasteiger partial charge in [-0.2, -0.15) is 0 Å². The van der Waals surface area contributed by atoms with E-state index in [1.54, 1.807) is 6.92 Å². The molecule has 2 amide bonds. The first kappa shape index (κ1) is 17.0. The number of carbonyl (C=O) groups excluding carboxylic acids is 2. The van der Waals surface area contributed by atoms with Crippen LogP contribution >= 0.6 is 0 Å². The lowest BCUT2D eigenvalue weighted by atomic mass is 9.93. The molecule has 0 aromatic carbocycles. The van der Waals surface area contributed by atoms with Gasteiger partial charge in [0.25, 0.3) is 0 Å². The van der Waals surface area contributed by atoms with E-state index < -0.39 is 5.41 Å². The summed E-state index contributed by atoms with van der Waals surface area (Å²) in [6.45, 7) is 9.10. The normalized spacial score (nSPS) is 21.4. The summed E-state index contributed by atoms with van der Waals surface area (Å²) < 4.78 is 0. The van der Waals surface area contributed by atoms with E-state index in [0.29, 0.717) is 19.5 Å². The number of piperidine rings is 1. The minimum absolute atomic E-state index is 0.0363. The maximum atomic E-state index is 12.1. The molecule has 116 valence electrons. The van der Waals surface area contributed by atoms with E-state index in [9.17, 15) is 14.7 Å². The van der Waals surface area contributed by atoms with Crippen molar-refractivity contribution >= 4 is 11.8 Å². The van der Waals surface area contributed by atoms with E-state index in [-0.39, 0.29) is 23.8 Å². The third-order valence-electron chi connectivity index (χ3n) is 3.80. The molecular formula is C15H28N2O3. The van der Waals surface area contributed by atoms with Gasteiger partial charge in [-0.05, 0) is 19.8 Å². The number of rotatable bonds is 4. The highest BCUT2D eigenvalue weighted by Gasteiger charge is 2.26. The smallest absolute Gasteiger partial charge is 0.225 e. The minimum atomic E-state index is -0.425. The van der Waals surface area contributed by atoms with Crippen LogP contribution in [0.3, 0.4) is 0 Å². The molecule has 1 aliphatic heterocycles. The van der Waals surface area contributed by atoms with Crippen molar-refractivity contribution in [3.05, 3.63) is 0 Å². The average Bonchev–Trinajstić information content (AvgIpc) is 2.37. The van der Waals surface area contributed by atoms with Crippen LogP contribution in [0.25, 0.3) is 0 Å². The van der Waals surface area contributed by atoms with Crippen LogP contribution in [0.5, 0.6) is 0 Å². The summed E-state index contributed by atoms with van der Waals surface area (Å²) in [6.07, 6.45) is 1.87. The fraction of sp³-hybridized carbons (Fsp3) is 0.867. The molecule has 0 bridgehead atoms.